The first-order valence-electron chi connectivity index (χ1n) is 6.72. The van der Waals surface area contributed by atoms with Crippen LogP contribution >= 0.6 is 8.25 Å². The number of nitrogens with one attached hydrogen (secondary N) is 1. The topological polar surface area (TPSA) is 132 Å². The average molecular weight is 347 g/mol. The zero-order chi connectivity index (χ0) is 16.6. The summed E-state index contributed by atoms with van der Waals surface area (Å²) in [5, 5.41) is 12.1. The highest BCUT2D eigenvalue weighted by Gasteiger charge is 2.48. The smallest absolute Gasteiger partial charge is 0.317 e. The molecule has 5 atom stereocenters. The van der Waals surface area contributed by atoms with Gasteiger partial charge in [0.2, 0.25) is 0 Å². The second-order valence-electron chi connectivity index (χ2n) is 4.84. The third-order valence-electron chi connectivity index (χ3n) is 3.55. The minimum absolute atomic E-state index is 0.325. The maximum Gasteiger partial charge on any atom is 0.317 e. The van der Waals surface area contributed by atoms with Crippen LogP contribution in [0.3, 0.4) is 0 Å². The van der Waals surface area contributed by atoms with E-state index in [4.69, 9.17) is 9.63 Å². The molecule has 1 aliphatic heterocycles. The summed E-state index contributed by atoms with van der Waals surface area (Å²) in [7, 11) is -1.72. The molecule has 2 aromatic rings. The number of hydrogen-bond acceptors (Lipinski definition) is 8. The Balaban J connectivity index is 1.97. The molecule has 126 valence electrons. The molecule has 4 unspecified atom stereocenters. The zero-order valence-electron chi connectivity index (χ0n) is 12.0. The number of anilines is 1. The SMILES string of the molecule is CNc1ncnc2c1ncn2[C@@H]1OC(CO)C(O[PH](=O)O)C1F. The third-order valence-corrected chi connectivity index (χ3v) is 4.03. The van der Waals surface area contributed by atoms with E-state index in [1.807, 2.05) is 0 Å². The summed E-state index contributed by atoms with van der Waals surface area (Å²) < 4.78 is 36.9. The van der Waals surface area contributed by atoms with Gasteiger partial charge in [-0.25, -0.2) is 19.3 Å². The number of alkyl halides is 1. The Hall–Kier alpha value is -1.65. The minimum Gasteiger partial charge on any atom is -0.394 e. The summed E-state index contributed by atoms with van der Waals surface area (Å²) >= 11 is 0. The van der Waals surface area contributed by atoms with E-state index in [1.165, 1.54) is 17.2 Å². The van der Waals surface area contributed by atoms with Gasteiger partial charge >= 0.3 is 8.25 Å². The van der Waals surface area contributed by atoms with Crippen LogP contribution in [0, 0.1) is 0 Å². The number of rotatable bonds is 5. The monoisotopic (exact) mass is 347 g/mol. The standard InChI is InChI=1S/C11H15FN5O5P/c1-13-9-7-10(15-3-14-9)17(4-16-7)11-6(12)8(22-23(19)20)5(2-18)21-11/h3-6,8,11,18,23H,2H2,1H3,(H,19,20)(H,13,14,15)/t5?,6?,8?,11-/m1/s1. The Labute approximate surface area is 130 Å². The average Bonchev–Trinajstić information content (AvgIpc) is 3.09. The van der Waals surface area contributed by atoms with Crippen molar-refractivity contribution < 1.29 is 28.2 Å². The fourth-order valence-corrected chi connectivity index (χ4v) is 3.06. The summed E-state index contributed by atoms with van der Waals surface area (Å²) in [6, 6.07) is 0. The van der Waals surface area contributed by atoms with E-state index < -0.39 is 39.5 Å². The molecule has 0 aliphatic carbocycles. The van der Waals surface area contributed by atoms with E-state index in [1.54, 1.807) is 7.05 Å². The van der Waals surface area contributed by atoms with Gasteiger partial charge in [-0.2, -0.15) is 0 Å². The van der Waals surface area contributed by atoms with Crippen LogP contribution in [0.5, 0.6) is 0 Å². The number of ether oxygens (including phenoxy) is 1. The van der Waals surface area contributed by atoms with E-state index >= 15 is 0 Å². The van der Waals surface area contributed by atoms with Gasteiger partial charge in [0, 0.05) is 7.05 Å². The first kappa shape index (κ1) is 16.2. The van der Waals surface area contributed by atoms with Gasteiger partial charge in [0.25, 0.3) is 0 Å². The van der Waals surface area contributed by atoms with Gasteiger partial charge in [-0.3, -0.25) is 9.13 Å². The predicted molar refractivity (Wildman–Crippen MR) is 76.9 cm³/mol. The van der Waals surface area contributed by atoms with Gasteiger partial charge in [0.05, 0.1) is 12.9 Å². The van der Waals surface area contributed by atoms with Crippen LogP contribution in [-0.4, -0.2) is 61.6 Å². The van der Waals surface area contributed by atoms with Crippen LogP contribution in [-0.2, 0) is 13.8 Å². The molecule has 1 aliphatic rings. The molecule has 0 radical (unpaired) electrons. The van der Waals surface area contributed by atoms with Gasteiger partial charge in [0.1, 0.15) is 24.1 Å². The summed E-state index contributed by atoms with van der Waals surface area (Å²) in [5.41, 5.74) is 0.748. The van der Waals surface area contributed by atoms with Crippen molar-refractivity contribution in [1.82, 2.24) is 19.5 Å². The highest BCUT2D eigenvalue weighted by molar-refractivity contribution is 7.32. The van der Waals surface area contributed by atoms with Crippen LogP contribution in [0.1, 0.15) is 6.23 Å². The van der Waals surface area contributed by atoms with Crippen LogP contribution in [0.2, 0.25) is 0 Å². The zero-order valence-corrected chi connectivity index (χ0v) is 13.0. The van der Waals surface area contributed by atoms with E-state index in [0.29, 0.717) is 17.0 Å². The van der Waals surface area contributed by atoms with E-state index in [-0.39, 0.29) is 0 Å². The Morgan fingerprint density at radius 2 is 2.30 bits per heavy atom. The summed E-state index contributed by atoms with van der Waals surface area (Å²) in [5.74, 6) is 0.467. The quantitative estimate of drug-likeness (QED) is 0.632. The first-order valence-corrected chi connectivity index (χ1v) is 7.98. The highest BCUT2D eigenvalue weighted by atomic mass is 31.1. The van der Waals surface area contributed by atoms with Crippen molar-refractivity contribution in [3.63, 3.8) is 0 Å². The Morgan fingerprint density at radius 3 is 2.96 bits per heavy atom. The second kappa shape index (κ2) is 6.46. The molecule has 0 aromatic carbocycles. The van der Waals surface area contributed by atoms with Crippen molar-refractivity contribution in [2.24, 2.45) is 0 Å². The number of fused-ring (bicyclic) bond motifs is 1. The van der Waals surface area contributed by atoms with Crippen molar-refractivity contribution in [1.29, 1.82) is 0 Å². The van der Waals surface area contributed by atoms with Gasteiger partial charge in [-0.15, -0.1) is 0 Å². The number of halogens is 1. The molecule has 3 rings (SSSR count). The largest absolute Gasteiger partial charge is 0.394 e. The van der Waals surface area contributed by atoms with Crippen LogP contribution in [0.4, 0.5) is 10.2 Å². The molecule has 1 saturated heterocycles. The van der Waals surface area contributed by atoms with Crippen LogP contribution < -0.4 is 5.32 Å². The summed E-state index contributed by atoms with van der Waals surface area (Å²) in [4.78, 5) is 21.1. The van der Waals surface area contributed by atoms with Crippen molar-refractivity contribution in [2.75, 3.05) is 19.0 Å². The van der Waals surface area contributed by atoms with Crippen molar-refractivity contribution in [3.05, 3.63) is 12.7 Å². The lowest BCUT2D eigenvalue weighted by atomic mass is 10.1. The number of aliphatic hydroxyl groups is 1. The predicted octanol–water partition coefficient (Wildman–Crippen LogP) is -0.137. The lowest BCUT2D eigenvalue weighted by Gasteiger charge is -2.16. The molecule has 2 aromatic heterocycles. The van der Waals surface area contributed by atoms with Crippen molar-refractivity contribution >= 4 is 25.2 Å². The molecule has 0 bridgehead atoms. The van der Waals surface area contributed by atoms with Crippen LogP contribution in [0.25, 0.3) is 11.2 Å². The Kier molecular flexibility index (Phi) is 4.55. The summed E-state index contributed by atoms with van der Waals surface area (Å²) in [6.07, 6.45) is -2.78. The molecule has 10 nitrogen and oxygen atoms in total. The highest BCUT2D eigenvalue weighted by Crippen LogP contribution is 2.38. The molecule has 3 heterocycles. The molecule has 23 heavy (non-hydrogen) atoms. The number of imidazole rings is 1. The van der Waals surface area contributed by atoms with Crippen molar-refractivity contribution in [3.8, 4) is 0 Å². The summed E-state index contributed by atoms with van der Waals surface area (Å²) in [6.45, 7) is -0.555. The molecule has 0 amide bonds. The van der Waals surface area contributed by atoms with Gasteiger partial charge < -0.3 is 24.6 Å². The lowest BCUT2D eigenvalue weighted by molar-refractivity contribution is -0.0436. The number of aromatic nitrogens is 4. The minimum atomic E-state index is -3.38. The number of nitrogens with zero attached hydrogens (tertiary/aromatic N) is 4. The van der Waals surface area contributed by atoms with Gasteiger partial charge in [-0.1, -0.05) is 0 Å². The maximum atomic E-state index is 14.6. The second-order valence-corrected chi connectivity index (χ2v) is 5.60. The molecule has 0 spiro atoms. The fraction of sp³-hybridized carbons (Fsp3) is 0.545. The Morgan fingerprint density at radius 1 is 1.52 bits per heavy atom. The first-order chi connectivity index (χ1) is 11.1. The van der Waals surface area contributed by atoms with Gasteiger partial charge in [-0.05, 0) is 0 Å². The number of aliphatic hydroxyl groups excluding tert-OH is 1. The molecular weight excluding hydrogens is 332 g/mol. The Bertz CT molecular complexity index is 730. The maximum absolute atomic E-state index is 14.6. The fourth-order valence-electron chi connectivity index (χ4n) is 2.54. The van der Waals surface area contributed by atoms with E-state index in [0.717, 1.165) is 0 Å². The molecule has 0 saturated carbocycles. The molecular formula is C11H15FN5O5P. The molecule has 1 fully saturated rings. The van der Waals surface area contributed by atoms with Crippen molar-refractivity contribution in [2.45, 2.75) is 24.6 Å². The molecule has 12 heteroatoms. The third kappa shape index (κ3) is 2.81. The number of hydrogen-bond donors (Lipinski definition) is 3. The lowest BCUT2D eigenvalue weighted by Crippen LogP contribution is -2.32. The normalized spacial score (nSPS) is 29.0. The van der Waals surface area contributed by atoms with E-state index in [2.05, 4.69) is 24.8 Å². The van der Waals surface area contributed by atoms with E-state index in [9.17, 15) is 14.1 Å². The van der Waals surface area contributed by atoms with Crippen LogP contribution in [0.15, 0.2) is 12.7 Å². The molecule has 3 N–H and O–H groups in total. The van der Waals surface area contributed by atoms with Gasteiger partial charge in [0.15, 0.2) is 23.9 Å².